The Balaban J connectivity index is 0.00000126. The second kappa shape index (κ2) is 10.2. The van der Waals surface area contributed by atoms with Gasteiger partial charge in [0.05, 0.1) is 0 Å². The fourth-order valence-electron chi connectivity index (χ4n) is 3.42. The standard InChI is InChI=1S/C23H24OP.C2H6/c1-19-10-9-15-23(17-16-19)25(18-20(2)24,21-11-5-3-6-12-21)22-13-7-4-8-14-22;1-2/h3-8,10-17H,9,18H2,1-2H3;1-2H3/q+1;. The Morgan fingerprint density at radius 1 is 0.852 bits per heavy atom. The van der Waals surface area contributed by atoms with E-state index in [0.717, 1.165) is 6.42 Å². The first-order valence-electron chi connectivity index (χ1n) is 9.67. The lowest BCUT2D eigenvalue weighted by Gasteiger charge is -2.27. The zero-order valence-corrected chi connectivity index (χ0v) is 17.7. The summed E-state index contributed by atoms with van der Waals surface area (Å²) in [6, 6.07) is 21.1. The zero-order chi connectivity index (χ0) is 19.7. The molecule has 0 amide bonds. The highest BCUT2D eigenvalue weighted by Gasteiger charge is 2.47. The van der Waals surface area contributed by atoms with E-state index in [1.54, 1.807) is 6.92 Å². The van der Waals surface area contributed by atoms with Gasteiger partial charge in [0.2, 0.25) is 0 Å². The van der Waals surface area contributed by atoms with Crippen molar-refractivity contribution >= 4 is 23.7 Å². The molecule has 0 atom stereocenters. The average molecular weight is 377 g/mol. The second-order valence-electron chi connectivity index (χ2n) is 6.49. The maximum absolute atomic E-state index is 12.4. The van der Waals surface area contributed by atoms with E-state index >= 15 is 0 Å². The van der Waals surface area contributed by atoms with Gasteiger partial charge < -0.3 is 0 Å². The lowest BCUT2D eigenvalue weighted by atomic mass is 10.2. The number of hydrogen-bond acceptors (Lipinski definition) is 1. The minimum absolute atomic E-state index is 0.240. The topological polar surface area (TPSA) is 17.1 Å². The molecule has 0 bridgehead atoms. The summed E-state index contributed by atoms with van der Waals surface area (Å²) in [5.74, 6) is 0.240. The van der Waals surface area contributed by atoms with Crippen LogP contribution in [-0.2, 0) is 4.79 Å². The first-order valence-corrected chi connectivity index (χ1v) is 11.6. The summed E-state index contributed by atoms with van der Waals surface area (Å²) < 4.78 is 0. The lowest BCUT2D eigenvalue weighted by molar-refractivity contribution is -0.114. The SMILES string of the molecule is CC.CC(=O)C[P+](C1=CCC=C(C)C=C1)(c1ccccc1)c1ccccc1. The molecule has 0 N–H and O–H groups in total. The second-order valence-corrected chi connectivity index (χ2v) is 9.97. The van der Waals surface area contributed by atoms with Gasteiger partial charge in [0.25, 0.3) is 0 Å². The number of hydrogen-bond donors (Lipinski definition) is 0. The van der Waals surface area contributed by atoms with Gasteiger partial charge in [-0.15, -0.1) is 0 Å². The average Bonchev–Trinajstić information content (AvgIpc) is 2.93. The van der Waals surface area contributed by atoms with Gasteiger partial charge >= 0.3 is 0 Å². The first kappa shape index (κ1) is 21.1. The van der Waals surface area contributed by atoms with Crippen molar-refractivity contribution in [3.05, 3.63) is 95.9 Å². The van der Waals surface area contributed by atoms with Crippen LogP contribution >= 0.6 is 7.26 Å². The molecular formula is C25H30OP+. The molecule has 140 valence electrons. The van der Waals surface area contributed by atoms with Gasteiger partial charge in [0.15, 0.2) is 5.78 Å². The van der Waals surface area contributed by atoms with Crippen molar-refractivity contribution in [3.8, 4) is 0 Å². The highest BCUT2D eigenvalue weighted by Crippen LogP contribution is 2.64. The smallest absolute Gasteiger partial charge is 0.168 e. The molecule has 0 heterocycles. The Labute approximate surface area is 164 Å². The van der Waals surface area contributed by atoms with E-state index < -0.39 is 7.26 Å². The molecule has 0 spiro atoms. The molecule has 0 saturated heterocycles. The Hall–Kier alpha value is -2.24. The third-order valence-corrected chi connectivity index (χ3v) is 9.07. The van der Waals surface area contributed by atoms with Crippen LogP contribution in [0.4, 0.5) is 0 Å². The number of Topliss-reactive ketones (excluding diaryl/α,β-unsaturated/α-hetero) is 1. The number of allylic oxidation sites excluding steroid dienone is 6. The van der Waals surface area contributed by atoms with Crippen molar-refractivity contribution in [2.75, 3.05) is 6.16 Å². The predicted molar refractivity (Wildman–Crippen MR) is 122 cm³/mol. The van der Waals surface area contributed by atoms with Crippen molar-refractivity contribution < 1.29 is 4.79 Å². The Bertz CT molecular complexity index is 790. The summed E-state index contributed by atoms with van der Waals surface area (Å²) in [6.45, 7) is 7.84. The molecule has 0 aromatic heterocycles. The van der Waals surface area contributed by atoms with E-state index in [9.17, 15) is 4.79 Å². The third kappa shape index (κ3) is 4.93. The largest absolute Gasteiger partial charge is 0.296 e. The van der Waals surface area contributed by atoms with Gasteiger partial charge in [-0.05, 0) is 56.7 Å². The molecule has 27 heavy (non-hydrogen) atoms. The quantitative estimate of drug-likeness (QED) is 0.579. The van der Waals surface area contributed by atoms with Crippen LogP contribution in [0.1, 0.15) is 34.1 Å². The van der Waals surface area contributed by atoms with Gasteiger partial charge in [-0.3, -0.25) is 4.79 Å². The number of carbonyl (C=O) groups excluding carboxylic acids is 1. The Kier molecular flexibility index (Phi) is 7.95. The number of rotatable bonds is 5. The van der Waals surface area contributed by atoms with Crippen molar-refractivity contribution in [1.29, 1.82) is 0 Å². The highest BCUT2D eigenvalue weighted by molar-refractivity contribution is 7.93. The van der Waals surface area contributed by atoms with Gasteiger partial charge in [-0.25, -0.2) is 0 Å². The molecule has 1 aliphatic rings. The summed E-state index contributed by atoms with van der Waals surface area (Å²) in [4.78, 5) is 12.4. The van der Waals surface area contributed by atoms with Crippen LogP contribution < -0.4 is 10.6 Å². The molecule has 1 nitrogen and oxygen atoms in total. The fraction of sp³-hybridized carbons (Fsp3) is 0.240. The third-order valence-electron chi connectivity index (χ3n) is 4.58. The predicted octanol–water partition coefficient (Wildman–Crippen LogP) is 6.06. The first-order chi connectivity index (χ1) is 13.1. The molecule has 0 aliphatic heterocycles. The normalized spacial score (nSPS) is 13.6. The number of carbonyl (C=O) groups is 1. The molecule has 0 radical (unpaired) electrons. The Morgan fingerprint density at radius 2 is 1.37 bits per heavy atom. The molecule has 2 heteroatoms. The van der Waals surface area contributed by atoms with E-state index in [-0.39, 0.29) is 5.78 Å². The highest BCUT2D eigenvalue weighted by atomic mass is 31.2. The van der Waals surface area contributed by atoms with Crippen molar-refractivity contribution in [2.45, 2.75) is 34.1 Å². The van der Waals surface area contributed by atoms with E-state index in [0.29, 0.717) is 6.16 Å². The van der Waals surface area contributed by atoms with Gasteiger partial charge in [0.1, 0.15) is 29.3 Å². The van der Waals surface area contributed by atoms with Crippen LogP contribution in [-0.4, -0.2) is 11.9 Å². The summed E-state index contributed by atoms with van der Waals surface area (Å²) in [5, 5.41) is 3.84. The lowest BCUT2D eigenvalue weighted by Crippen LogP contribution is -2.28. The van der Waals surface area contributed by atoms with Crippen LogP contribution in [0.2, 0.25) is 0 Å². The molecule has 3 rings (SSSR count). The number of ketones is 1. The maximum Gasteiger partial charge on any atom is 0.168 e. The molecule has 0 fully saturated rings. The zero-order valence-electron chi connectivity index (χ0n) is 16.9. The van der Waals surface area contributed by atoms with Gasteiger partial charge in [-0.1, -0.05) is 68.0 Å². The number of benzene rings is 2. The van der Waals surface area contributed by atoms with E-state index in [1.165, 1.54) is 21.5 Å². The molecule has 2 aromatic carbocycles. The molecule has 0 unspecified atom stereocenters. The summed E-state index contributed by atoms with van der Waals surface area (Å²) >= 11 is 0. The van der Waals surface area contributed by atoms with Crippen molar-refractivity contribution in [3.63, 3.8) is 0 Å². The fourth-order valence-corrected chi connectivity index (χ4v) is 7.64. The van der Waals surface area contributed by atoms with E-state index in [4.69, 9.17) is 0 Å². The van der Waals surface area contributed by atoms with Crippen molar-refractivity contribution in [2.24, 2.45) is 0 Å². The molecular weight excluding hydrogens is 347 g/mol. The molecule has 0 saturated carbocycles. The van der Waals surface area contributed by atoms with Gasteiger partial charge in [0, 0.05) is 0 Å². The van der Waals surface area contributed by atoms with E-state index in [1.807, 2.05) is 26.0 Å². The van der Waals surface area contributed by atoms with Gasteiger partial charge in [-0.2, -0.15) is 0 Å². The van der Waals surface area contributed by atoms with Crippen LogP contribution in [0.3, 0.4) is 0 Å². The van der Waals surface area contributed by atoms with Crippen LogP contribution in [0.25, 0.3) is 0 Å². The minimum Gasteiger partial charge on any atom is -0.296 e. The maximum atomic E-state index is 12.4. The van der Waals surface area contributed by atoms with Crippen LogP contribution in [0.5, 0.6) is 0 Å². The monoisotopic (exact) mass is 377 g/mol. The summed E-state index contributed by atoms with van der Waals surface area (Å²) in [5.41, 5.74) is 1.27. The molecule has 1 aliphatic carbocycles. The minimum atomic E-state index is -2.00. The van der Waals surface area contributed by atoms with Crippen LogP contribution in [0.15, 0.2) is 95.9 Å². The van der Waals surface area contributed by atoms with Crippen molar-refractivity contribution in [1.82, 2.24) is 0 Å². The summed E-state index contributed by atoms with van der Waals surface area (Å²) in [6.07, 6.45) is 10.4. The summed E-state index contributed by atoms with van der Waals surface area (Å²) in [7, 11) is -2.00. The Morgan fingerprint density at radius 3 is 1.85 bits per heavy atom. The molecule has 2 aromatic rings. The van der Waals surface area contributed by atoms with E-state index in [2.05, 4.69) is 79.8 Å². The van der Waals surface area contributed by atoms with Crippen LogP contribution in [0, 0.1) is 0 Å².